The molecule has 100 valence electrons. The van der Waals surface area contributed by atoms with Crippen LogP contribution in [0.2, 0.25) is 0 Å². The van der Waals surface area contributed by atoms with Crippen molar-refractivity contribution < 1.29 is 9.90 Å². The number of nitrogens with one attached hydrogen (secondary N) is 1. The molecule has 2 aromatic heterocycles. The van der Waals surface area contributed by atoms with Gasteiger partial charge < -0.3 is 5.11 Å². The van der Waals surface area contributed by atoms with Crippen molar-refractivity contribution in [3.8, 4) is 0 Å². The maximum absolute atomic E-state index is 11.8. The van der Waals surface area contributed by atoms with Gasteiger partial charge >= 0.3 is 5.97 Å². The smallest absolute Gasteiger partial charge is 0.354 e. The molecule has 1 fully saturated rings. The Labute approximate surface area is 109 Å². The number of hydrogen-bond acceptors (Lipinski definition) is 3. The predicted octanol–water partition coefficient (Wildman–Crippen LogP) is 1.77. The van der Waals surface area contributed by atoms with E-state index in [2.05, 4.69) is 10.1 Å². The first-order chi connectivity index (χ1) is 9.15. The van der Waals surface area contributed by atoms with Crippen molar-refractivity contribution in [2.45, 2.75) is 38.0 Å². The first-order valence-electron chi connectivity index (χ1n) is 6.51. The summed E-state index contributed by atoms with van der Waals surface area (Å²) >= 11 is 0. The Kier molecular flexibility index (Phi) is 2.85. The van der Waals surface area contributed by atoms with Crippen LogP contribution >= 0.6 is 0 Å². The summed E-state index contributed by atoms with van der Waals surface area (Å²) in [5.41, 5.74) is 0.765. The van der Waals surface area contributed by atoms with E-state index in [1.807, 2.05) is 0 Å². The van der Waals surface area contributed by atoms with Crippen molar-refractivity contribution in [2.75, 3.05) is 0 Å². The van der Waals surface area contributed by atoms with E-state index >= 15 is 0 Å². The Morgan fingerprint density at radius 1 is 1.32 bits per heavy atom. The minimum atomic E-state index is -1.18. The fourth-order valence-corrected chi connectivity index (χ4v) is 2.74. The lowest BCUT2D eigenvalue weighted by Gasteiger charge is -2.19. The summed E-state index contributed by atoms with van der Waals surface area (Å²) in [6, 6.07) is 2.83. The molecule has 1 aliphatic carbocycles. The van der Waals surface area contributed by atoms with Gasteiger partial charge in [0.15, 0.2) is 11.3 Å². The summed E-state index contributed by atoms with van der Waals surface area (Å²) in [5, 5.41) is 12.0. The maximum atomic E-state index is 11.8. The van der Waals surface area contributed by atoms with Gasteiger partial charge in [0.1, 0.15) is 0 Å². The summed E-state index contributed by atoms with van der Waals surface area (Å²) < 4.78 is 1.32. The molecule has 2 heterocycles. The standard InChI is InChI=1S/C13H15N3O3/c17-12-7-10(13(18)19)14-11-6-9(15-16(11)12)8-4-2-1-3-5-8/h6-8,15H,1-5H2,(H,18,19). The van der Waals surface area contributed by atoms with Crippen LogP contribution in [0, 0.1) is 0 Å². The molecular weight excluding hydrogens is 246 g/mol. The van der Waals surface area contributed by atoms with Crippen LogP contribution in [0.4, 0.5) is 0 Å². The summed E-state index contributed by atoms with van der Waals surface area (Å²) in [5.74, 6) is -0.761. The number of H-pyrrole nitrogens is 1. The lowest BCUT2D eigenvalue weighted by Crippen LogP contribution is -2.17. The van der Waals surface area contributed by atoms with Crippen LogP contribution in [0.15, 0.2) is 16.9 Å². The van der Waals surface area contributed by atoms with Gasteiger partial charge in [0.2, 0.25) is 0 Å². The molecule has 0 aromatic carbocycles. The summed E-state index contributed by atoms with van der Waals surface area (Å²) in [4.78, 5) is 26.7. The second kappa shape index (κ2) is 4.53. The third-order valence-electron chi connectivity index (χ3n) is 3.73. The SMILES string of the molecule is O=C(O)c1cc(=O)n2[nH]c(C3CCCCC3)cc2n1. The molecule has 0 unspecified atom stereocenters. The summed E-state index contributed by atoms with van der Waals surface area (Å²) in [7, 11) is 0. The van der Waals surface area contributed by atoms with Crippen LogP contribution in [0.1, 0.15) is 54.2 Å². The molecule has 6 heteroatoms. The fraction of sp³-hybridized carbons (Fsp3) is 0.462. The molecule has 6 nitrogen and oxygen atoms in total. The number of aromatic amines is 1. The van der Waals surface area contributed by atoms with Gasteiger partial charge in [0.25, 0.3) is 5.56 Å². The molecule has 0 spiro atoms. The molecule has 0 saturated heterocycles. The van der Waals surface area contributed by atoms with Gasteiger partial charge in [-0.15, -0.1) is 0 Å². The third-order valence-corrected chi connectivity index (χ3v) is 3.73. The number of carbonyl (C=O) groups is 1. The molecule has 1 aliphatic rings. The van der Waals surface area contributed by atoms with Gasteiger partial charge in [0.05, 0.1) is 0 Å². The molecule has 0 radical (unpaired) electrons. The zero-order valence-electron chi connectivity index (χ0n) is 10.4. The molecule has 0 amide bonds. The monoisotopic (exact) mass is 261 g/mol. The van der Waals surface area contributed by atoms with E-state index < -0.39 is 5.97 Å². The van der Waals surface area contributed by atoms with Crippen molar-refractivity contribution in [3.63, 3.8) is 0 Å². The van der Waals surface area contributed by atoms with Crippen molar-refractivity contribution in [2.24, 2.45) is 0 Å². The second-order valence-corrected chi connectivity index (χ2v) is 5.02. The molecule has 3 rings (SSSR count). The minimum absolute atomic E-state index is 0.209. The highest BCUT2D eigenvalue weighted by atomic mass is 16.4. The van der Waals surface area contributed by atoms with Crippen molar-refractivity contribution in [1.29, 1.82) is 0 Å². The average Bonchev–Trinajstić information content (AvgIpc) is 2.84. The minimum Gasteiger partial charge on any atom is -0.477 e. The average molecular weight is 261 g/mol. The van der Waals surface area contributed by atoms with E-state index in [1.165, 1.54) is 23.8 Å². The van der Waals surface area contributed by atoms with E-state index in [1.54, 1.807) is 6.07 Å². The van der Waals surface area contributed by atoms with Gasteiger partial charge in [-0.25, -0.2) is 14.3 Å². The lowest BCUT2D eigenvalue weighted by atomic mass is 9.87. The van der Waals surface area contributed by atoms with Crippen molar-refractivity contribution >= 4 is 11.6 Å². The Balaban J connectivity index is 2.07. The molecule has 0 atom stereocenters. The Morgan fingerprint density at radius 3 is 2.74 bits per heavy atom. The Hall–Kier alpha value is -2.11. The number of fused-ring (bicyclic) bond motifs is 1. The summed E-state index contributed by atoms with van der Waals surface area (Å²) in [6.45, 7) is 0. The van der Waals surface area contributed by atoms with Crippen LogP contribution in [0.5, 0.6) is 0 Å². The highest BCUT2D eigenvalue weighted by molar-refractivity contribution is 5.85. The third kappa shape index (κ3) is 2.14. The first-order valence-corrected chi connectivity index (χ1v) is 6.51. The maximum Gasteiger partial charge on any atom is 0.354 e. The number of carboxylic acid groups (broad SMARTS) is 1. The van der Waals surface area contributed by atoms with Gasteiger partial charge in [-0.05, 0) is 12.8 Å². The Bertz CT molecular complexity index is 680. The first kappa shape index (κ1) is 12.0. The topological polar surface area (TPSA) is 87.5 Å². The molecule has 2 aromatic rings. The van der Waals surface area contributed by atoms with E-state index in [4.69, 9.17) is 5.11 Å². The van der Waals surface area contributed by atoms with E-state index in [9.17, 15) is 9.59 Å². The highest BCUT2D eigenvalue weighted by Crippen LogP contribution is 2.31. The quantitative estimate of drug-likeness (QED) is 0.862. The Morgan fingerprint density at radius 2 is 2.05 bits per heavy atom. The number of hydrogen-bond donors (Lipinski definition) is 2. The number of nitrogens with zero attached hydrogens (tertiary/aromatic N) is 2. The number of aromatic nitrogens is 3. The number of carboxylic acids is 1. The van der Waals surface area contributed by atoms with Crippen molar-refractivity contribution in [1.82, 2.24) is 14.6 Å². The van der Waals surface area contributed by atoms with Crippen molar-refractivity contribution in [3.05, 3.63) is 33.9 Å². The lowest BCUT2D eigenvalue weighted by molar-refractivity contribution is 0.0690. The zero-order valence-corrected chi connectivity index (χ0v) is 10.4. The predicted molar refractivity (Wildman–Crippen MR) is 68.6 cm³/mol. The van der Waals surface area contributed by atoms with Crippen LogP contribution in [-0.4, -0.2) is 25.7 Å². The molecular formula is C13H15N3O3. The second-order valence-electron chi connectivity index (χ2n) is 5.02. The molecule has 0 aliphatic heterocycles. The normalized spacial score (nSPS) is 16.8. The van der Waals surface area contributed by atoms with E-state index in [0.29, 0.717) is 11.6 Å². The van der Waals surface area contributed by atoms with Gasteiger partial charge in [-0.2, -0.15) is 0 Å². The molecule has 0 bridgehead atoms. The van der Waals surface area contributed by atoms with Gasteiger partial charge in [-0.1, -0.05) is 19.3 Å². The van der Waals surface area contributed by atoms with Crippen LogP contribution in [-0.2, 0) is 0 Å². The fourth-order valence-electron chi connectivity index (χ4n) is 2.74. The van der Waals surface area contributed by atoms with E-state index in [0.717, 1.165) is 24.6 Å². The van der Waals surface area contributed by atoms with Crippen LogP contribution in [0.25, 0.3) is 5.65 Å². The molecule has 1 saturated carbocycles. The zero-order chi connectivity index (χ0) is 13.4. The van der Waals surface area contributed by atoms with E-state index in [-0.39, 0.29) is 11.3 Å². The molecule has 2 N–H and O–H groups in total. The number of rotatable bonds is 2. The van der Waals surface area contributed by atoms with Crippen LogP contribution < -0.4 is 5.56 Å². The number of aromatic carboxylic acids is 1. The summed E-state index contributed by atoms with van der Waals surface area (Å²) in [6.07, 6.45) is 5.87. The highest BCUT2D eigenvalue weighted by Gasteiger charge is 2.19. The van der Waals surface area contributed by atoms with Crippen LogP contribution in [0.3, 0.4) is 0 Å². The molecule has 19 heavy (non-hydrogen) atoms. The largest absolute Gasteiger partial charge is 0.477 e. The van der Waals surface area contributed by atoms with Gasteiger partial charge in [0, 0.05) is 23.7 Å². The van der Waals surface area contributed by atoms with Gasteiger partial charge in [-0.3, -0.25) is 9.89 Å².